The topological polar surface area (TPSA) is 141 Å². The van der Waals surface area contributed by atoms with Crippen molar-refractivity contribution in [2.45, 2.75) is 39.5 Å². The van der Waals surface area contributed by atoms with Crippen molar-refractivity contribution in [2.24, 2.45) is 0 Å². The molecule has 0 saturated carbocycles. The van der Waals surface area contributed by atoms with Gasteiger partial charge in [-0.25, -0.2) is 0 Å². The van der Waals surface area contributed by atoms with Crippen LogP contribution in [0, 0.1) is 0 Å². The van der Waals surface area contributed by atoms with Crippen molar-refractivity contribution in [3.8, 4) is 0 Å². The van der Waals surface area contributed by atoms with Gasteiger partial charge in [0.05, 0.1) is 39.6 Å². The molecule has 0 aliphatic carbocycles. The first-order valence-corrected chi connectivity index (χ1v) is 11.1. The molecular formula is C21H39N3O8. The van der Waals surface area contributed by atoms with Crippen LogP contribution in [0.5, 0.6) is 0 Å². The SMILES string of the molecule is CCCC(=O)NCCCC(=O)NCCOCCOCC(=O)NCCOCCOCC(C)=O. The molecule has 0 spiro atoms. The highest BCUT2D eigenvalue weighted by molar-refractivity contribution is 5.77. The van der Waals surface area contributed by atoms with Gasteiger partial charge in [-0.3, -0.25) is 19.2 Å². The van der Waals surface area contributed by atoms with Gasteiger partial charge in [-0.2, -0.15) is 0 Å². The van der Waals surface area contributed by atoms with Crippen molar-refractivity contribution in [3.05, 3.63) is 0 Å². The summed E-state index contributed by atoms with van der Waals surface area (Å²) < 4.78 is 20.8. The fourth-order valence-corrected chi connectivity index (χ4v) is 2.28. The van der Waals surface area contributed by atoms with Crippen molar-refractivity contribution < 1.29 is 38.1 Å². The monoisotopic (exact) mass is 461 g/mol. The minimum absolute atomic E-state index is 0.0131. The van der Waals surface area contributed by atoms with E-state index in [0.717, 1.165) is 6.42 Å². The lowest BCUT2D eigenvalue weighted by molar-refractivity contribution is -0.127. The number of ketones is 1. The summed E-state index contributed by atoms with van der Waals surface area (Å²) in [6.45, 7) is 6.61. The Labute approximate surface area is 190 Å². The van der Waals surface area contributed by atoms with E-state index in [1.165, 1.54) is 6.92 Å². The summed E-state index contributed by atoms with van der Waals surface area (Å²) in [7, 11) is 0. The van der Waals surface area contributed by atoms with Gasteiger partial charge in [0.25, 0.3) is 0 Å². The van der Waals surface area contributed by atoms with Crippen LogP contribution in [0.1, 0.15) is 39.5 Å². The molecule has 11 nitrogen and oxygen atoms in total. The average molecular weight is 462 g/mol. The average Bonchev–Trinajstić information content (AvgIpc) is 2.75. The molecule has 3 N–H and O–H groups in total. The van der Waals surface area contributed by atoms with Gasteiger partial charge in [0.1, 0.15) is 13.2 Å². The van der Waals surface area contributed by atoms with Crippen molar-refractivity contribution in [1.82, 2.24) is 16.0 Å². The van der Waals surface area contributed by atoms with Gasteiger partial charge in [0.2, 0.25) is 17.7 Å². The molecule has 0 heterocycles. The number of rotatable bonds is 22. The first-order valence-electron chi connectivity index (χ1n) is 11.1. The highest BCUT2D eigenvalue weighted by Gasteiger charge is 2.03. The van der Waals surface area contributed by atoms with Gasteiger partial charge in [0.15, 0.2) is 5.78 Å². The van der Waals surface area contributed by atoms with Gasteiger partial charge < -0.3 is 34.9 Å². The van der Waals surface area contributed by atoms with Crippen molar-refractivity contribution in [3.63, 3.8) is 0 Å². The third-order valence-electron chi connectivity index (χ3n) is 3.80. The number of carbonyl (C=O) groups is 4. The summed E-state index contributed by atoms with van der Waals surface area (Å²) in [6, 6.07) is 0. The Morgan fingerprint density at radius 1 is 0.594 bits per heavy atom. The molecule has 0 bridgehead atoms. The normalized spacial score (nSPS) is 10.6. The number of ether oxygens (including phenoxy) is 4. The molecule has 0 aromatic heterocycles. The van der Waals surface area contributed by atoms with E-state index in [0.29, 0.717) is 71.9 Å². The fraction of sp³-hybridized carbons (Fsp3) is 0.810. The summed E-state index contributed by atoms with van der Waals surface area (Å²) in [5.74, 6) is -0.357. The molecule has 0 aromatic rings. The van der Waals surface area contributed by atoms with Crippen LogP contribution < -0.4 is 16.0 Å². The van der Waals surface area contributed by atoms with E-state index in [9.17, 15) is 19.2 Å². The zero-order chi connectivity index (χ0) is 23.9. The number of carbonyl (C=O) groups excluding carboxylic acids is 4. The predicted octanol–water partition coefficient (Wildman–Crippen LogP) is -0.429. The maximum Gasteiger partial charge on any atom is 0.246 e. The summed E-state index contributed by atoms with van der Waals surface area (Å²) in [4.78, 5) is 45.2. The summed E-state index contributed by atoms with van der Waals surface area (Å²) >= 11 is 0. The van der Waals surface area contributed by atoms with Gasteiger partial charge in [-0.1, -0.05) is 6.92 Å². The molecule has 0 unspecified atom stereocenters. The van der Waals surface area contributed by atoms with Crippen molar-refractivity contribution in [2.75, 3.05) is 72.5 Å². The van der Waals surface area contributed by atoms with Crippen LogP contribution in [0.15, 0.2) is 0 Å². The van der Waals surface area contributed by atoms with E-state index in [1.54, 1.807) is 0 Å². The number of amides is 3. The van der Waals surface area contributed by atoms with E-state index in [-0.39, 0.29) is 43.3 Å². The Hall–Kier alpha value is -2.08. The molecule has 11 heteroatoms. The lowest BCUT2D eigenvalue weighted by Gasteiger charge is -2.09. The third-order valence-corrected chi connectivity index (χ3v) is 3.80. The van der Waals surface area contributed by atoms with Crippen LogP contribution in [0.2, 0.25) is 0 Å². The molecule has 0 radical (unpaired) electrons. The second-order valence-corrected chi connectivity index (χ2v) is 6.94. The van der Waals surface area contributed by atoms with E-state index in [4.69, 9.17) is 18.9 Å². The molecular weight excluding hydrogens is 422 g/mol. The molecule has 0 saturated heterocycles. The van der Waals surface area contributed by atoms with Crippen LogP contribution in [0.3, 0.4) is 0 Å². The van der Waals surface area contributed by atoms with Crippen LogP contribution in [0.4, 0.5) is 0 Å². The summed E-state index contributed by atoms with van der Waals surface area (Å²) in [5, 5.41) is 8.15. The second kappa shape index (κ2) is 22.1. The first kappa shape index (κ1) is 29.9. The minimum Gasteiger partial charge on any atom is -0.377 e. The van der Waals surface area contributed by atoms with E-state index in [1.807, 2.05) is 6.92 Å². The molecule has 0 rings (SSSR count). The number of hydrogen-bond acceptors (Lipinski definition) is 8. The fourth-order valence-electron chi connectivity index (χ4n) is 2.28. The molecule has 0 atom stereocenters. The predicted molar refractivity (Wildman–Crippen MR) is 117 cm³/mol. The van der Waals surface area contributed by atoms with Crippen molar-refractivity contribution >= 4 is 23.5 Å². The Morgan fingerprint density at radius 2 is 1.09 bits per heavy atom. The third kappa shape index (κ3) is 22.6. The van der Waals surface area contributed by atoms with Gasteiger partial charge in [-0.15, -0.1) is 0 Å². The molecule has 0 aliphatic rings. The van der Waals surface area contributed by atoms with Crippen LogP contribution in [0.25, 0.3) is 0 Å². The Bertz CT molecular complexity index is 531. The van der Waals surface area contributed by atoms with Crippen molar-refractivity contribution in [1.29, 1.82) is 0 Å². The van der Waals surface area contributed by atoms with E-state index < -0.39 is 0 Å². The highest BCUT2D eigenvalue weighted by Crippen LogP contribution is 1.90. The minimum atomic E-state index is -0.250. The van der Waals surface area contributed by atoms with Gasteiger partial charge in [0, 0.05) is 32.5 Å². The Balaban J connectivity index is 3.33. The van der Waals surface area contributed by atoms with Crippen LogP contribution in [-0.4, -0.2) is 96.0 Å². The molecule has 0 fully saturated rings. The highest BCUT2D eigenvalue weighted by atomic mass is 16.5. The lowest BCUT2D eigenvalue weighted by atomic mass is 10.2. The van der Waals surface area contributed by atoms with E-state index >= 15 is 0 Å². The Morgan fingerprint density at radius 3 is 1.69 bits per heavy atom. The molecule has 32 heavy (non-hydrogen) atoms. The largest absolute Gasteiger partial charge is 0.377 e. The number of hydrogen-bond donors (Lipinski definition) is 3. The maximum absolute atomic E-state index is 11.6. The number of nitrogens with one attached hydrogen (secondary N) is 3. The Kier molecular flexibility index (Phi) is 20.7. The second-order valence-electron chi connectivity index (χ2n) is 6.94. The smallest absolute Gasteiger partial charge is 0.246 e. The lowest BCUT2D eigenvalue weighted by Crippen LogP contribution is -2.31. The summed E-state index contributed by atoms with van der Waals surface area (Å²) in [6.07, 6.45) is 2.26. The maximum atomic E-state index is 11.6. The van der Waals surface area contributed by atoms with E-state index in [2.05, 4.69) is 16.0 Å². The first-order chi connectivity index (χ1) is 15.5. The zero-order valence-electron chi connectivity index (χ0n) is 19.4. The van der Waals surface area contributed by atoms with Crippen LogP contribution >= 0.6 is 0 Å². The molecule has 186 valence electrons. The molecule has 0 aliphatic heterocycles. The summed E-state index contributed by atoms with van der Waals surface area (Å²) in [5.41, 5.74) is 0. The molecule has 3 amide bonds. The standard InChI is InChI=1S/C21H39N3O8/c1-3-5-19(26)22-7-4-6-20(27)23-8-10-29-13-15-32-17-21(28)24-9-11-30-12-14-31-16-18(2)25/h3-17H2,1-2H3,(H,22,26)(H,23,27)(H,24,28). The number of Topliss-reactive ketones (excluding diaryl/α,β-unsaturated/α-hetero) is 1. The van der Waals surface area contributed by atoms with Gasteiger partial charge in [-0.05, 0) is 19.8 Å². The van der Waals surface area contributed by atoms with Crippen LogP contribution in [-0.2, 0) is 38.1 Å². The van der Waals surface area contributed by atoms with Gasteiger partial charge >= 0.3 is 0 Å². The zero-order valence-corrected chi connectivity index (χ0v) is 19.4. The quantitative estimate of drug-likeness (QED) is 0.185. The molecule has 0 aromatic carbocycles.